The van der Waals surface area contributed by atoms with Crippen LogP contribution in [-0.4, -0.2) is 18.9 Å². The van der Waals surface area contributed by atoms with Crippen molar-refractivity contribution >= 4 is 18.9 Å². The van der Waals surface area contributed by atoms with Gasteiger partial charge in [-0.15, -0.1) is 0 Å². The second-order valence-corrected chi connectivity index (χ2v) is 2.20. The fourth-order valence-corrected chi connectivity index (χ4v) is 0.757. The molecule has 1 rings (SSSR count). The zero-order valence-corrected chi connectivity index (χ0v) is 5.54. The van der Waals surface area contributed by atoms with Crippen LogP contribution in [0.5, 0.6) is 0 Å². The first kappa shape index (κ1) is 9.78. The molecular weight excluding hydrogens is 117 g/mol. The molecule has 0 spiro atoms. The van der Waals surface area contributed by atoms with E-state index in [0.29, 0.717) is 0 Å². The summed E-state index contributed by atoms with van der Waals surface area (Å²) in [6.07, 6.45) is 0. The van der Waals surface area contributed by atoms with Gasteiger partial charge in [0, 0.05) is 6.04 Å². The number of nitrogens with two attached hydrogens (primary N) is 1. The summed E-state index contributed by atoms with van der Waals surface area (Å²) in [5.41, 5.74) is 6.81. The number of hydrogen-bond donors (Lipinski definition) is 1. The Balaban J connectivity index is 0.000000810. The van der Waals surface area contributed by atoms with Crippen molar-refractivity contribution in [1.29, 1.82) is 0 Å². The summed E-state index contributed by atoms with van der Waals surface area (Å²) in [5.74, 6) is 0. The summed E-state index contributed by atoms with van der Waals surface area (Å²) in [5, 5.41) is 0. The van der Waals surface area contributed by atoms with Crippen molar-refractivity contribution in [1.82, 2.24) is 0 Å². The third kappa shape index (κ3) is 2.58. The average molecular weight is 129 g/mol. The van der Waals surface area contributed by atoms with E-state index in [-0.39, 0.29) is 24.9 Å². The van der Waals surface area contributed by atoms with Crippen LogP contribution < -0.4 is 5.73 Å². The minimum absolute atomic E-state index is 0. The Kier molecular flexibility index (Phi) is 4.47. The number of benzene rings is 1. The van der Waals surface area contributed by atoms with Crippen molar-refractivity contribution in [3.8, 4) is 0 Å². The Morgan fingerprint density at radius 1 is 1.20 bits per heavy atom. The van der Waals surface area contributed by atoms with Crippen LogP contribution in [0.4, 0.5) is 0 Å². The van der Waals surface area contributed by atoms with Gasteiger partial charge in [0.1, 0.15) is 0 Å². The zero-order chi connectivity index (χ0) is 6.69. The van der Waals surface area contributed by atoms with Crippen LogP contribution in [0.25, 0.3) is 0 Å². The van der Waals surface area contributed by atoms with Gasteiger partial charge in [-0.1, -0.05) is 30.3 Å². The molecule has 0 heterocycles. The summed E-state index contributed by atoms with van der Waals surface area (Å²) >= 11 is 0. The molecule has 50 valence electrons. The third-order valence-corrected chi connectivity index (χ3v) is 1.33. The second-order valence-electron chi connectivity index (χ2n) is 2.20. The van der Waals surface area contributed by atoms with Crippen molar-refractivity contribution in [2.24, 2.45) is 5.73 Å². The molecule has 1 unspecified atom stereocenters. The molecule has 0 fully saturated rings. The summed E-state index contributed by atoms with van der Waals surface area (Å²) < 4.78 is 0. The van der Waals surface area contributed by atoms with Gasteiger partial charge in [0.25, 0.3) is 0 Å². The fraction of sp³-hybridized carbons (Fsp3) is 0.250. The van der Waals surface area contributed by atoms with Crippen molar-refractivity contribution in [2.75, 3.05) is 0 Å². The fourth-order valence-electron chi connectivity index (χ4n) is 0.757. The van der Waals surface area contributed by atoms with Gasteiger partial charge < -0.3 is 5.73 Å². The van der Waals surface area contributed by atoms with Gasteiger partial charge in [0.05, 0.1) is 0 Å². The zero-order valence-electron chi connectivity index (χ0n) is 5.54. The van der Waals surface area contributed by atoms with E-state index in [1.807, 2.05) is 37.3 Å². The Morgan fingerprint density at radius 3 is 2.00 bits per heavy atom. The summed E-state index contributed by atoms with van der Waals surface area (Å²) in [6.45, 7) is 1.98. The first-order valence-corrected chi connectivity index (χ1v) is 3.11. The molecule has 0 saturated carbocycles. The van der Waals surface area contributed by atoms with Gasteiger partial charge in [-0.05, 0) is 12.5 Å². The minimum atomic E-state index is 0. The predicted octanol–water partition coefficient (Wildman–Crippen LogP) is 1.06. The molecule has 0 saturated heterocycles. The molecule has 2 N–H and O–H groups in total. The topological polar surface area (TPSA) is 26.0 Å². The molecular formula is C8H12LiN. The van der Waals surface area contributed by atoms with E-state index < -0.39 is 0 Å². The quantitative estimate of drug-likeness (QED) is 0.563. The van der Waals surface area contributed by atoms with Crippen molar-refractivity contribution in [2.45, 2.75) is 13.0 Å². The van der Waals surface area contributed by atoms with E-state index >= 15 is 0 Å². The van der Waals surface area contributed by atoms with Crippen LogP contribution in [0.3, 0.4) is 0 Å². The van der Waals surface area contributed by atoms with E-state index in [0.717, 1.165) is 0 Å². The van der Waals surface area contributed by atoms with E-state index in [9.17, 15) is 0 Å². The third-order valence-electron chi connectivity index (χ3n) is 1.33. The first-order chi connectivity index (χ1) is 4.30. The molecule has 1 nitrogen and oxygen atoms in total. The van der Waals surface area contributed by atoms with Gasteiger partial charge in [0.2, 0.25) is 0 Å². The Morgan fingerprint density at radius 2 is 1.70 bits per heavy atom. The first-order valence-electron chi connectivity index (χ1n) is 3.11. The number of rotatable bonds is 1. The van der Waals surface area contributed by atoms with E-state index in [1.54, 1.807) is 0 Å². The van der Waals surface area contributed by atoms with E-state index in [1.165, 1.54) is 5.56 Å². The molecule has 2 heteroatoms. The molecule has 0 radical (unpaired) electrons. The predicted molar refractivity (Wildman–Crippen MR) is 46.2 cm³/mol. The van der Waals surface area contributed by atoms with Crippen LogP contribution >= 0.6 is 0 Å². The number of hydrogen-bond acceptors (Lipinski definition) is 1. The molecule has 1 aromatic carbocycles. The second kappa shape index (κ2) is 4.57. The Labute approximate surface area is 73.8 Å². The van der Waals surface area contributed by atoms with Crippen LogP contribution in [0.1, 0.15) is 18.5 Å². The standard InChI is InChI=1S/C8H11N.Li.H/c1-7(9)8-5-3-2-4-6-8;;/h2-7H,9H2,1H3;;. The van der Waals surface area contributed by atoms with Gasteiger partial charge in [-0.2, -0.15) is 0 Å². The maximum absolute atomic E-state index is 5.61. The Hall–Kier alpha value is -0.223. The van der Waals surface area contributed by atoms with Crippen molar-refractivity contribution < 1.29 is 0 Å². The van der Waals surface area contributed by atoms with E-state index in [2.05, 4.69) is 0 Å². The molecule has 0 aliphatic carbocycles. The maximum atomic E-state index is 5.61. The van der Waals surface area contributed by atoms with Gasteiger partial charge in [-0.25, -0.2) is 0 Å². The SMILES string of the molecule is CC(N)c1ccccc1.[LiH]. The molecule has 1 aromatic rings. The molecule has 1 atom stereocenters. The average Bonchev–Trinajstić information content (AvgIpc) is 1.90. The summed E-state index contributed by atoms with van der Waals surface area (Å²) in [6, 6.07) is 10.2. The van der Waals surface area contributed by atoms with Crippen LogP contribution in [0.2, 0.25) is 0 Å². The van der Waals surface area contributed by atoms with Crippen molar-refractivity contribution in [3.05, 3.63) is 35.9 Å². The van der Waals surface area contributed by atoms with Crippen LogP contribution in [-0.2, 0) is 0 Å². The van der Waals surface area contributed by atoms with Gasteiger partial charge in [-0.3, -0.25) is 0 Å². The van der Waals surface area contributed by atoms with Crippen molar-refractivity contribution in [3.63, 3.8) is 0 Å². The summed E-state index contributed by atoms with van der Waals surface area (Å²) in [4.78, 5) is 0. The molecule has 0 amide bonds. The Bertz CT molecular complexity index is 172. The molecule has 10 heavy (non-hydrogen) atoms. The molecule has 0 aromatic heterocycles. The monoisotopic (exact) mass is 129 g/mol. The van der Waals surface area contributed by atoms with E-state index in [4.69, 9.17) is 5.73 Å². The van der Waals surface area contributed by atoms with Crippen LogP contribution in [0, 0.1) is 0 Å². The molecule has 0 aliphatic rings. The summed E-state index contributed by atoms with van der Waals surface area (Å²) in [7, 11) is 0. The van der Waals surface area contributed by atoms with Crippen LogP contribution in [0.15, 0.2) is 30.3 Å². The molecule has 0 bridgehead atoms. The normalized spacial score (nSPS) is 11.8. The molecule has 0 aliphatic heterocycles. The van der Waals surface area contributed by atoms with Gasteiger partial charge >= 0.3 is 18.9 Å². The van der Waals surface area contributed by atoms with Gasteiger partial charge in [0.15, 0.2) is 0 Å².